The van der Waals surface area contributed by atoms with Crippen molar-refractivity contribution < 1.29 is 14.3 Å². The Labute approximate surface area is 214 Å². The molecule has 2 N–H and O–H groups in total. The zero-order valence-corrected chi connectivity index (χ0v) is 21.0. The van der Waals surface area contributed by atoms with E-state index in [0.717, 1.165) is 33.7 Å². The first-order valence-corrected chi connectivity index (χ1v) is 12.5. The van der Waals surface area contributed by atoms with E-state index in [-0.39, 0.29) is 11.8 Å². The van der Waals surface area contributed by atoms with Crippen LogP contribution in [0.25, 0.3) is 22.9 Å². The van der Waals surface area contributed by atoms with Crippen molar-refractivity contribution in [2.75, 3.05) is 11.9 Å². The van der Waals surface area contributed by atoms with Crippen LogP contribution in [-0.4, -0.2) is 23.4 Å². The minimum atomic E-state index is -0.235. The molecule has 0 aliphatic heterocycles. The minimum Gasteiger partial charge on any atom is -0.494 e. The summed E-state index contributed by atoms with van der Waals surface area (Å²) in [4.78, 5) is 29.1. The zero-order chi connectivity index (χ0) is 25.3. The fourth-order valence-corrected chi connectivity index (χ4v) is 4.25. The summed E-state index contributed by atoms with van der Waals surface area (Å²) in [6, 6.07) is 25.0. The lowest BCUT2D eigenvalue weighted by atomic mass is 10.0. The van der Waals surface area contributed by atoms with E-state index in [1.54, 1.807) is 0 Å². The summed E-state index contributed by atoms with van der Waals surface area (Å²) in [5.41, 5.74) is 4.97. The highest BCUT2D eigenvalue weighted by atomic mass is 32.1. The van der Waals surface area contributed by atoms with E-state index in [0.29, 0.717) is 23.9 Å². The van der Waals surface area contributed by atoms with E-state index in [9.17, 15) is 9.59 Å². The first-order chi connectivity index (χ1) is 17.5. The summed E-state index contributed by atoms with van der Waals surface area (Å²) >= 11 is 1.37. The van der Waals surface area contributed by atoms with Crippen LogP contribution < -0.4 is 15.4 Å². The van der Waals surface area contributed by atoms with Gasteiger partial charge >= 0.3 is 0 Å². The molecular weight excluding hydrogens is 470 g/mol. The second kappa shape index (κ2) is 12.0. The molecule has 0 aliphatic carbocycles. The van der Waals surface area contributed by atoms with Crippen LogP contribution in [0, 0.1) is 0 Å². The van der Waals surface area contributed by atoms with Crippen LogP contribution in [0.5, 0.6) is 5.75 Å². The van der Waals surface area contributed by atoms with Gasteiger partial charge in [0.25, 0.3) is 5.91 Å². The third-order valence-corrected chi connectivity index (χ3v) is 6.11. The third-order valence-electron chi connectivity index (χ3n) is 5.35. The van der Waals surface area contributed by atoms with Gasteiger partial charge in [-0.05, 0) is 41.8 Å². The number of nitrogens with zero attached hydrogens (tertiary/aromatic N) is 1. The van der Waals surface area contributed by atoms with Crippen molar-refractivity contribution in [2.24, 2.45) is 0 Å². The molecule has 0 saturated heterocycles. The van der Waals surface area contributed by atoms with Gasteiger partial charge < -0.3 is 10.1 Å². The number of rotatable bonds is 9. The van der Waals surface area contributed by atoms with Crippen LogP contribution in [0.2, 0.25) is 0 Å². The van der Waals surface area contributed by atoms with Gasteiger partial charge in [0.05, 0.1) is 12.3 Å². The fraction of sp³-hybridized carbons (Fsp3) is 0.138. The Balaban J connectivity index is 1.52. The largest absolute Gasteiger partial charge is 0.494 e. The van der Waals surface area contributed by atoms with Gasteiger partial charge in [0.15, 0.2) is 5.13 Å². The third kappa shape index (κ3) is 6.67. The van der Waals surface area contributed by atoms with Crippen molar-refractivity contribution in [1.82, 2.24) is 10.3 Å². The van der Waals surface area contributed by atoms with Crippen LogP contribution in [0.3, 0.4) is 0 Å². The molecule has 0 saturated carbocycles. The van der Waals surface area contributed by atoms with Gasteiger partial charge in [0.1, 0.15) is 5.75 Å². The topological polar surface area (TPSA) is 80.3 Å². The Bertz CT molecular complexity index is 1340. The van der Waals surface area contributed by atoms with Crippen molar-refractivity contribution in [1.29, 1.82) is 0 Å². The summed E-state index contributed by atoms with van der Waals surface area (Å²) in [6.45, 7) is 4.52. The van der Waals surface area contributed by atoms with Crippen LogP contribution in [0.1, 0.15) is 30.5 Å². The lowest BCUT2D eigenvalue weighted by Gasteiger charge is -2.09. The Morgan fingerprint density at radius 3 is 2.36 bits per heavy atom. The van der Waals surface area contributed by atoms with E-state index < -0.39 is 0 Å². The zero-order valence-electron chi connectivity index (χ0n) is 20.2. The molecule has 4 aromatic rings. The van der Waals surface area contributed by atoms with E-state index in [1.165, 1.54) is 18.3 Å². The molecule has 0 radical (unpaired) electrons. The Kier molecular flexibility index (Phi) is 8.26. The number of thiazole rings is 1. The second-order valence-corrected chi connectivity index (χ2v) is 8.88. The summed E-state index contributed by atoms with van der Waals surface area (Å²) in [7, 11) is 0. The summed E-state index contributed by atoms with van der Waals surface area (Å²) in [6.07, 6.45) is 1.86. The van der Waals surface area contributed by atoms with Gasteiger partial charge in [0.2, 0.25) is 5.91 Å². The fourth-order valence-electron chi connectivity index (χ4n) is 3.54. The highest BCUT2D eigenvalue weighted by Crippen LogP contribution is 2.27. The number of benzene rings is 3. The summed E-state index contributed by atoms with van der Waals surface area (Å²) < 4.78 is 5.52. The highest BCUT2D eigenvalue weighted by molar-refractivity contribution is 7.14. The molecule has 6 nitrogen and oxygen atoms in total. The number of anilines is 1. The van der Waals surface area contributed by atoms with E-state index in [4.69, 9.17) is 4.74 Å². The number of aromatic nitrogens is 1. The predicted molar refractivity (Wildman–Crippen MR) is 146 cm³/mol. The highest BCUT2D eigenvalue weighted by Gasteiger charge is 2.15. The second-order valence-electron chi connectivity index (χ2n) is 8.02. The molecule has 0 atom stereocenters. The quantitative estimate of drug-likeness (QED) is 0.219. The van der Waals surface area contributed by atoms with E-state index in [1.807, 2.05) is 97.2 Å². The molecule has 36 heavy (non-hydrogen) atoms. The van der Waals surface area contributed by atoms with Crippen molar-refractivity contribution in [3.63, 3.8) is 0 Å². The number of nitrogens with one attached hydrogen (secondary N) is 2. The normalized spacial score (nSPS) is 11.1. The maximum Gasteiger partial charge on any atom is 0.258 e. The lowest BCUT2D eigenvalue weighted by Crippen LogP contribution is -2.18. The molecule has 7 heteroatoms. The van der Waals surface area contributed by atoms with Gasteiger partial charge in [-0.3, -0.25) is 14.9 Å². The molecule has 0 fully saturated rings. The average molecular weight is 498 g/mol. The Hall–Kier alpha value is -4.23. The van der Waals surface area contributed by atoms with Gasteiger partial charge in [-0.15, -0.1) is 11.3 Å². The molecule has 1 heterocycles. The first-order valence-electron chi connectivity index (χ1n) is 11.6. The van der Waals surface area contributed by atoms with E-state index >= 15 is 0 Å². The number of carbonyl (C=O) groups excluding carboxylic acids is 2. The summed E-state index contributed by atoms with van der Waals surface area (Å²) in [5, 5.41) is 8.17. The number of hydrogen-bond acceptors (Lipinski definition) is 5. The summed E-state index contributed by atoms with van der Waals surface area (Å²) in [5.74, 6) is 0.492. The Morgan fingerprint density at radius 2 is 1.69 bits per heavy atom. The van der Waals surface area contributed by atoms with Gasteiger partial charge in [-0.25, -0.2) is 4.98 Å². The maximum absolute atomic E-state index is 13.3. The monoisotopic (exact) mass is 497 g/mol. The number of hydrogen-bond donors (Lipinski definition) is 2. The van der Waals surface area contributed by atoms with Gasteiger partial charge in [-0.2, -0.15) is 0 Å². The maximum atomic E-state index is 13.3. The number of ether oxygens (including phenoxy) is 1. The van der Waals surface area contributed by atoms with Crippen molar-refractivity contribution in [3.8, 4) is 17.0 Å². The van der Waals surface area contributed by atoms with Crippen LogP contribution in [-0.2, 0) is 16.1 Å². The average Bonchev–Trinajstić information content (AvgIpc) is 3.36. The molecule has 3 aromatic carbocycles. The smallest absolute Gasteiger partial charge is 0.258 e. The SMILES string of the molecule is CCOc1ccc(/C=C(/C(=O)Nc2nc(-c3ccc(CNC(C)=O)cc3)cs2)c2ccccc2)cc1. The molecule has 1 aromatic heterocycles. The minimum absolute atomic E-state index is 0.0644. The molecule has 0 aliphatic rings. The van der Waals surface area contributed by atoms with Crippen LogP contribution in [0.15, 0.2) is 84.2 Å². The van der Waals surface area contributed by atoms with Crippen LogP contribution >= 0.6 is 11.3 Å². The Morgan fingerprint density at radius 1 is 0.972 bits per heavy atom. The molecule has 2 amide bonds. The molecular formula is C29H27N3O3S. The first kappa shape index (κ1) is 24.9. The number of amides is 2. The standard InChI is InChI=1S/C29H27N3O3S/c1-3-35-25-15-11-21(12-16-25)17-26(23-7-5-4-6-8-23)28(34)32-29-31-27(19-36-29)24-13-9-22(10-14-24)18-30-20(2)33/h4-17,19H,3,18H2,1-2H3,(H,30,33)(H,31,32,34)/b26-17+. The van der Waals surface area contributed by atoms with Gasteiger partial charge in [-0.1, -0.05) is 66.7 Å². The van der Waals surface area contributed by atoms with Crippen LogP contribution in [0.4, 0.5) is 5.13 Å². The van der Waals surface area contributed by atoms with Crippen molar-refractivity contribution in [2.45, 2.75) is 20.4 Å². The molecule has 0 unspecified atom stereocenters. The molecule has 0 spiro atoms. The lowest BCUT2D eigenvalue weighted by molar-refractivity contribution is -0.119. The van der Waals surface area contributed by atoms with Gasteiger partial charge in [0, 0.05) is 30.0 Å². The predicted octanol–water partition coefficient (Wildman–Crippen LogP) is 6.02. The van der Waals surface area contributed by atoms with Crippen molar-refractivity contribution >= 4 is 39.9 Å². The van der Waals surface area contributed by atoms with E-state index in [2.05, 4.69) is 15.6 Å². The molecule has 0 bridgehead atoms. The number of carbonyl (C=O) groups is 2. The molecule has 182 valence electrons. The van der Waals surface area contributed by atoms with Crippen molar-refractivity contribution in [3.05, 3.63) is 101 Å². The molecule has 4 rings (SSSR count).